The summed E-state index contributed by atoms with van der Waals surface area (Å²) in [5, 5.41) is 8.80. The monoisotopic (exact) mass is 457 g/mol. The second kappa shape index (κ2) is 11.5. The van der Waals surface area contributed by atoms with Crippen LogP contribution in [0.1, 0.15) is 41.9 Å². The number of hydrogen-bond acceptors (Lipinski definition) is 3. The number of carboxylic acids is 1. The molecular weight excluding hydrogens is 426 g/mol. The second-order valence-corrected chi connectivity index (χ2v) is 8.87. The lowest BCUT2D eigenvalue weighted by Gasteiger charge is -2.37. The summed E-state index contributed by atoms with van der Waals surface area (Å²) >= 11 is 0. The van der Waals surface area contributed by atoms with Crippen molar-refractivity contribution in [3.8, 4) is 5.75 Å². The molecule has 1 atom stereocenters. The number of hydrogen-bond donors (Lipinski definition) is 1. The summed E-state index contributed by atoms with van der Waals surface area (Å²) in [6, 6.07) is 28.7. The molecule has 34 heavy (non-hydrogen) atoms. The van der Waals surface area contributed by atoms with E-state index in [1.54, 1.807) is 6.07 Å². The van der Waals surface area contributed by atoms with Crippen molar-refractivity contribution >= 4 is 11.9 Å². The lowest BCUT2D eigenvalue weighted by Crippen LogP contribution is -2.42. The molecule has 176 valence electrons. The third-order valence-corrected chi connectivity index (χ3v) is 6.48. The van der Waals surface area contributed by atoms with E-state index < -0.39 is 5.97 Å². The number of ether oxygens (including phenoxy) is 1. The summed E-state index contributed by atoms with van der Waals surface area (Å²) in [5.74, 6) is 0.432. The predicted molar refractivity (Wildman–Crippen MR) is 132 cm³/mol. The Kier molecular flexibility index (Phi) is 7.97. The first-order chi connectivity index (χ1) is 16.6. The van der Waals surface area contributed by atoms with E-state index in [2.05, 4.69) is 48.5 Å². The largest absolute Gasteiger partial charge is 0.482 e. The van der Waals surface area contributed by atoms with Crippen LogP contribution in [0.15, 0.2) is 84.9 Å². The quantitative estimate of drug-likeness (QED) is 0.457. The van der Waals surface area contributed by atoms with Gasteiger partial charge in [-0.25, -0.2) is 4.79 Å². The maximum atomic E-state index is 12.7. The number of amides is 1. The second-order valence-electron chi connectivity index (χ2n) is 8.87. The van der Waals surface area contributed by atoms with Crippen LogP contribution in [0.3, 0.4) is 0 Å². The average Bonchev–Trinajstić information content (AvgIpc) is 2.86. The standard InChI is InChI=1S/C29H31NO4/c31-27-17-16-25(29(23-11-3-1-4-12-23)24-13-5-2-6-14-24)20-30(27)18-8-10-22-9-7-15-26(19-22)34-21-28(32)33/h1-7,9,11-15,19,25,29H,8,10,16-18,20-21H2,(H,32,33). The van der Waals surface area contributed by atoms with Gasteiger partial charge in [-0.3, -0.25) is 4.79 Å². The van der Waals surface area contributed by atoms with Crippen LogP contribution in [0.4, 0.5) is 0 Å². The van der Waals surface area contributed by atoms with Crippen LogP contribution in [0.25, 0.3) is 0 Å². The van der Waals surface area contributed by atoms with E-state index in [0.29, 0.717) is 24.6 Å². The number of carboxylic acid groups (broad SMARTS) is 1. The minimum Gasteiger partial charge on any atom is -0.482 e. The molecule has 0 bridgehead atoms. The average molecular weight is 458 g/mol. The van der Waals surface area contributed by atoms with Crippen LogP contribution < -0.4 is 4.74 Å². The third kappa shape index (κ3) is 6.25. The van der Waals surface area contributed by atoms with E-state index in [1.165, 1.54) is 11.1 Å². The van der Waals surface area contributed by atoms with Gasteiger partial charge in [0.25, 0.3) is 0 Å². The Morgan fingerprint density at radius 3 is 2.29 bits per heavy atom. The number of rotatable bonds is 10. The Morgan fingerprint density at radius 1 is 0.971 bits per heavy atom. The molecule has 5 heteroatoms. The van der Waals surface area contributed by atoms with Crippen molar-refractivity contribution in [3.63, 3.8) is 0 Å². The molecule has 4 rings (SSSR count). The minimum atomic E-state index is -0.993. The number of benzene rings is 3. The molecular formula is C29H31NO4. The van der Waals surface area contributed by atoms with Gasteiger partial charge in [0, 0.05) is 25.4 Å². The lowest BCUT2D eigenvalue weighted by molar-refractivity contribution is -0.139. The highest BCUT2D eigenvalue weighted by Gasteiger charge is 2.32. The Bertz CT molecular complexity index is 1040. The summed E-state index contributed by atoms with van der Waals surface area (Å²) in [6.45, 7) is 1.12. The van der Waals surface area contributed by atoms with Crippen molar-refractivity contribution < 1.29 is 19.4 Å². The topological polar surface area (TPSA) is 66.8 Å². The van der Waals surface area contributed by atoms with E-state index in [1.807, 2.05) is 35.2 Å². The number of aryl methyl sites for hydroxylation is 1. The predicted octanol–water partition coefficient (Wildman–Crippen LogP) is 5.15. The molecule has 1 heterocycles. The molecule has 0 saturated carbocycles. The van der Waals surface area contributed by atoms with Crippen molar-refractivity contribution in [2.75, 3.05) is 19.7 Å². The zero-order valence-electron chi connectivity index (χ0n) is 19.3. The lowest BCUT2D eigenvalue weighted by atomic mass is 9.77. The fourth-order valence-electron chi connectivity index (χ4n) is 4.90. The summed E-state index contributed by atoms with van der Waals surface area (Å²) in [7, 11) is 0. The van der Waals surface area contributed by atoms with E-state index in [-0.39, 0.29) is 18.4 Å². The minimum absolute atomic E-state index is 0.231. The number of carbonyl (C=O) groups is 2. The Morgan fingerprint density at radius 2 is 1.65 bits per heavy atom. The number of carbonyl (C=O) groups excluding carboxylic acids is 1. The summed E-state index contributed by atoms with van der Waals surface area (Å²) < 4.78 is 5.28. The van der Waals surface area contributed by atoms with Crippen LogP contribution in [0.2, 0.25) is 0 Å². The van der Waals surface area contributed by atoms with Gasteiger partial charge in [0.2, 0.25) is 5.91 Å². The summed E-state index contributed by atoms with van der Waals surface area (Å²) in [5.41, 5.74) is 3.67. The van der Waals surface area contributed by atoms with Crippen LogP contribution in [0, 0.1) is 5.92 Å². The van der Waals surface area contributed by atoms with Crippen molar-refractivity contribution in [3.05, 3.63) is 102 Å². The molecule has 1 saturated heterocycles. The molecule has 0 spiro atoms. The van der Waals surface area contributed by atoms with Gasteiger partial charge in [0.1, 0.15) is 5.75 Å². The molecule has 5 nitrogen and oxygen atoms in total. The molecule has 1 aliphatic rings. The van der Waals surface area contributed by atoms with E-state index in [4.69, 9.17) is 9.84 Å². The van der Waals surface area contributed by atoms with Crippen LogP contribution in [-0.4, -0.2) is 41.6 Å². The summed E-state index contributed by atoms with van der Waals surface area (Å²) in [4.78, 5) is 25.5. The number of nitrogens with zero attached hydrogens (tertiary/aromatic N) is 1. The van der Waals surface area contributed by atoms with Crippen LogP contribution in [0.5, 0.6) is 5.75 Å². The first-order valence-electron chi connectivity index (χ1n) is 11.9. The fraction of sp³-hybridized carbons (Fsp3) is 0.310. The van der Waals surface area contributed by atoms with Gasteiger partial charge in [-0.1, -0.05) is 72.8 Å². The molecule has 0 aromatic heterocycles. The molecule has 0 radical (unpaired) electrons. The Labute approximate surface area is 201 Å². The highest BCUT2D eigenvalue weighted by atomic mass is 16.5. The molecule has 1 fully saturated rings. The number of piperidine rings is 1. The fourth-order valence-corrected chi connectivity index (χ4v) is 4.90. The van der Waals surface area contributed by atoms with E-state index in [9.17, 15) is 9.59 Å². The van der Waals surface area contributed by atoms with Gasteiger partial charge in [-0.05, 0) is 54.0 Å². The van der Waals surface area contributed by atoms with Crippen LogP contribution in [-0.2, 0) is 16.0 Å². The summed E-state index contributed by atoms with van der Waals surface area (Å²) in [6.07, 6.45) is 3.13. The Balaban J connectivity index is 1.40. The van der Waals surface area contributed by atoms with Gasteiger partial charge in [-0.2, -0.15) is 0 Å². The molecule has 1 aliphatic heterocycles. The third-order valence-electron chi connectivity index (χ3n) is 6.48. The molecule has 3 aromatic rings. The van der Waals surface area contributed by atoms with Crippen molar-refractivity contribution in [2.45, 2.75) is 31.6 Å². The highest BCUT2D eigenvalue weighted by molar-refractivity contribution is 5.77. The number of aliphatic carboxylic acids is 1. The molecule has 1 amide bonds. The Hall–Kier alpha value is -3.60. The number of likely N-dealkylation sites (tertiary alicyclic amines) is 1. The van der Waals surface area contributed by atoms with E-state index in [0.717, 1.165) is 31.4 Å². The molecule has 3 aromatic carbocycles. The SMILES string of the molecule is O=C(O)COc1cccc(CCCN2CC(C(c3ccccc3)c3ccccc3)CCC2=O)c1. The zero-order valence-corrected chi connectivity index (χ0v) is 19.3. The van der Waals surface area contributed by atoms with Crippen molar-refractivity contribution in [1.29, 1.82) is 0 Å². The maximum absolute atomic E-state index is 12.7. The first-order valence-corrected chi connectivity index (χ1v) is 11.9. The first kappa shape index (κ1) is 23.6. The maximum Gasteiger partial charge on any atom is 0.341 e. The van der Waals surface area contributed by atoms with E-state index >= 15 is 0 Å². The van der Waals surface area contributed by atoms with Gasteiger partial charge in [0.15, 0.2) is 6.61 Å². The van der Waals surface area contributed by atoms with Gasteiger partial charge in [0.05, 0.1) is 0 Å². The molecule has 0 aliphatic carbocycles. The van der Waals surface area contributed by atoms with Crippen molar-refractivity contribution in [1.82, 2.24) is 4.90 Å². The van der Waals surface area contributed by atoms with Gasteiger partial charge < -0.3 is 14.7 Å². The van der Waals surface area contributed by atoms with Gasteiger partial charge in [-0.15, -0.1) is 0 Å². The highest BCUT2D eigenvalue weighted by Crippen LogP contribution is 2.37. The molecule has 1 N–H and O–H groups in total. The normalized spacial score (nSPS) is 16.0. The van der Waals surface area contributed by atoms with Gasteiger partial charge >= 0.3 is 5.97 Å². The smallest absolute Gasteiger partial charge is 0.341 e. The van der Waals surface area contributed by atoms with Crippen molar-refractivity contribution in [2.24, 2.45) is 5.92 Å². The molecule has 1 unspecified atom stereocenters. The zero-order chi connectivity index (χ0) is 23.8. The van der Waals surface area contributed by atoms with Crippen LogP contribution >= 0.6 is 0 Å².